The van der Waals surface area contributed by atoms with Crippen LogP contribution in [0.1, 0.15) is 59.3 Å². The maximum atomic E-state index is 12.7. The van der Waals surface area contributed by atoms with Crippen LogP contribution in [0.15, 0.2) is 18.2 Å². The van der Waals surface area contributed by atoms with Gasteiger partial charge in [0.25, 0.3) is 0 Å². The average Bonchev–Trinajstić information content (AvgIpc) is 3.35. The number of aromatic nitrogens is 2. The number of nitrogens with zero attached hydrogens (tertiary/aromatic N) is 2. The van der Waals surface area contributed by atoms with Gasteiger partial charge in [-0.15, -0.1) is 0 Å². The molecular weight excluding hydrogens is 364 g/mol. The number of amides is 1. The molecule has 2 aliphatic rings. The van der Waals surface area contributed by atoms with E-state index in [1.165, 1.54) is 18.9 Å². The molecule has 2 aromatic rings. The molecule has 0 unspecified atom stereocenters. The van der Waals surface area contributed by atoms with Crippen molar-refractivity contribution in [2.75, 3.05) is 5.32 Å². The van der Waals surface area contributed by atoms with E-state index >= 15 is 0 Å². The molecule has 2 aliphatic carbocycles. The number of fused-ring (bicyclic) bond motifs is 1. The quantitative estimate of drug-likeness (QED) is 0.697. The molecule has 4 rings (SSSR count). The van der Waals surface area contributed by atoms with Crippen molar-refractivity contribution < 1.29 is 18.3 Å². The second-order valence-corrected chi connectivity index (χ2v) is 9.14. The van der Waals surface area contributed by atoms with Crippen molar-refractivity contribution in [3.05, 3.63) is 18.2 Å². The fourth-order valence-corrected chi connectivity index (χ4v) is 4.37. The second kappa shape index (κ2) is 6.71. The van der Waals surface area contributed by atoms with Crippen molar-refractivity contribution in [1.82, 2.24) is 9.55 Å². The van der Waals surface area contributed by atoms with E-state index in [2.05, 4.69) is 35.8 Å². The van der Waals surface area contributed by atoms with E-state index < -0.39 is 6.61 Å². The number of nitrogens with one attached hydrogen (secondary N) is 1. The van der Waals surface area contributed by atoms with Crippen LogP contribution >= 0.6 is 0 Å². The van der Waals surface area contributed by atoms with E-state index in [0.717, 1.165) is 19.3 Å². The Bertz CT molecular complexity index is 898. The lowest BCUT2D eigenvalue weighted by molar-refractivity contribution is -0.118. The zero-order chi connectivity index (χ0) is 20.1. The molecule has 28 heavy (non-hydrogen) atoms. The number of halogens is 2. The molecule has 0 bridgehead atoms. The summed E-state index contributed by atoms with van der Waals surface area (Å²) in [5.41, 5.74) is 1.15. The number of anilines is 1. The highest BCUT2D eigenvalue weighted by atomic mass is 19.3. The molecule has 5 nitrogen and oxygen atoms in total. The second-order valence-electron chi connectivity index (χ2n) is 9.14. The molecule has 0 radical (unpaired) electrons. The molecule has 1 aromatic carbocycles. The van der Waals surface area contributed by atoms with Gasteiger partial charge in [-0.25, -0.2) is 4.98 Å². The molecule has 0 aliphatic heterocycles. The summed E-state index contributed by atoms with van der Waals surface area (Å²) in [5.74, 6) is 1.14. The van der Waals surface area contributed by atoms with E-state index in [-0.39, 0.29) is 22.6 Å². The van der Waals surface area contributed by atoms with Gasteiger partial charge in [0.1, 0.15) is 5.75 Å². The summed E-state index contributed by atoms with van der Waals surface area (Å²) in [6, 6.07) is 4.73. The number of hydrogen-bond acceptors (Lipinski definition) is 3. The lowest BCUT2D eigenvalue weighted by Gasteiger charge is -2.41. The first-order valence-corrected chi connectivity index (χ1v) is 9.96. The van der Waals surface area contributed by atoms with Crippen LogP contribution in [-0.4, -0.2) is 22.1 Å². The normalized spacial score (nSPS) is 18.9. The lowest BCUT2D eigenvalue weighted by Crippen LogP contribution is -2.38. The largest absolute Gasteiger partial charge is 0.435 e. The van der Waals surface area contributed by atoms with Crippen LogP contribution < -0.4 is 10.1 Å². The van der Waals surface area contributed by atoms with Crippen molar-refractivity contribution in [3.8, 4) is 5.75 Å². The van der Waals surface area contributed by atoms with Crippen LogP contribution in [0.5, 0.6) is 5.75 Å². The number of carbonyl (C=O) groups is 1. The summed E-state index contributed by atoms with van der Waals surface area (Å²) in [5, 5.41) is 3.00. The zero-order valence-electron chi connectivity index (χ0n) is 16.6. The minimum absolute atomic E-state index is 0.0282. The third kappa shape index (κ3) is 3.59. The highest BCUT2D eigenvalue weighted by molar-refractivity contribution is 5.92. The first-order chi connectivity index (χ1) is 13.2. The van der Waals surface area contributed by atoms with E-state index in [1.54, 1.807) is 12.1 Å². The van der Waals surface area contributed by atoms with Crippen molar-refractivity contribution >= 4 is 22.9 Å². The lowest BCUT2D eigenvalue weighted by atomic mass is 9.78. The number of imidazole rings is 1. The fraction of sp³-hybridized carbons (Fsp3) is 0.619. The minimum Gasteiger partial charge on any atom is -0.435 e. The van der Waals surface area contributed by atoms with Crippen LogP contribution in [0.25, 0.3) is 11.0 Å². The third-order valence-corrected chi connectivity index (χ3v) is 6.37. The molecule has 2 saturated carbocycles. The van der Waals surface area contributed by atoms with Crippen molar-refractivity contribution in [3.63, 3.8) is 0 Å². The van der Waals surface area contributed by atoms with Crippen LogP contribution in [0, 0.1) is 11.3 Å². The predicted molar refractivity (Wildman–Crippen MR) is 104 cm³/mol. The Balaban J connectivity index is 1.66. The standard InChI is InChI=1S/C21H27F2N3O2/c1-20(2,13-5-6-13)12-17(27)25-19-24-15-8-7-14(28-18(22)23)11-16(15)26(19)21(3)9-4-10-21/h7-8,11,13,18H,4-6,9-10,12H2,1-3H3,(H,24,25,27). The number of ether oxygens (including phenoxy) is 1. The summed E-state index contributed by atoms with van der Waals surface area (Å²) >= 11 is 0. The van der Waals surface area contributed by atoms with Gasteiger partial charge < -0.3 is 9.30 Å². The third-order valence-electron chi connectivity index (χ3n) is 6.37. The van der Waals surface area contributed by atoms with Crippen LogP contribution in [0.4, 0.5) is 14.7 Å². The Morgan fingerprint density at radius 1 is 1.39 bits per heavy atom. The number of benzene rings is 1. The fourth-order valence-electron chi connectivity index (χ4n) is 4.37. The molecule has 0 spiro atoms. The van der Waals surface area contributed by atoms with Gasteiger partial charge in [-0.3, -0.25) is 10.1 Å². The van der Waals surface area contributed by atoms with Crippen molar-refractivity contribution in [2.24, 2.45) is 11.3 Å². The van der Waals surface area contributed by atoms with Crippen molar-refractivity contribution in [1.29, 1.82) is 0 Å². The van der Waals surface area contributed by atoms with Crippen molar-refractivity contribution in [2.45, 2.75) is 71.4 Å². The molecule has 0 saturated heterocycles. The Morgan fingerprint density at radius 3 is 2.68 bits per heavy atom. The molecule has 2 fully saturated rings. The molecular formula is C21H27F2N3O2. The summed E-state index contributed by atoms with van der Waals surface area (Å²) in [6.07, 6.45) is 5.81. The maximum Gasteiger partial charge on any atom is 0.387 e. The first-order valence-electron chi connectivity index (χ1n) is 9.96. The summed E-state index contributed by atoms with van der Waals surface area (Å²) < 4.78 is 31.8. The molecule has 1 aromatic heterocycles. The SMILES string of the molecule is CC(C)(CC(=O)Nc1nc2ccc(OC(F)F)cc2n1C1(C)CCC1)C1CC1. The van der Waals surface area contributed by atoms with E-state index in [9.17, 15) is 13.6 Å². The van der Waals surface area contributed by atoms with Gasteiger partial charge in [-0.2, -0.15) is 8.78 Å². The van der Waals surface area contributed by atoms with Gasteiger partial charge in [0.15, 0.2) is 0 Å². The number of carbonyl (C=O) groups excluding carboxylic acids is 1. The molecule has 1 N–H and O–H groups in total. The number of rotatable bonds is 7. The Kier molecular flexibility index (Phi) is 4.59. The Hall–Kier alpha value is -2.18. The highest BCUT2D eigenvalue weighted by Gasteiger charge is 2.40. The Labute approximate surface area is 163 Å². The first kappa shape index (κ1) is 19.2. The Morgan fingerprint density at radius 2 is 2.11 bits per heavy atom. The highest BCUT2D eigenvalue weighted by Crippen LogP contribution is 2.47. The van der Waals surface area contributed by atoms with Crippen LogP contribution in [0.3, 0.4) is 0 Å². The van der Waals surface area contributed by atoms with Gasteiger partial charge in [-0.05, 0) is 62.5 Å². The molecule has 7 heteroatoms. The van der Waals surface area contributed by atoms with Gasteiger partial charge in [-0.1, -0.05) is 13.8 Å². The molecule has 0 atom stereocenters. The summed E-state index contributed by atoms with van der Waals surface area (Å²) in [4.78, 5) is 17.3. The maximum absolute atomic E-state index is 12.7. The predicted octanol–water partition coefficient (Wildman–Crippen LogP) is 5.30. The van der Waals surface area contributed by atoms with Crippen LogP contribution in [0.2, 0.25) is 0 Å². The molecule has 1 heterocycles. The average molecular weight is 391 g/mol. The minimum atomic E-state index is -2.88. The molecule has 152 valence electrons. The smallest absolute Gasteiger partial charge is 0.387 e. The molecule has 1 amide bonds. The van der Waals surface area contributed by atoms with E-state index in [4.69, 9.17) is 0 Å². The number of hydrogen-bond donors (Lipinski definition) is 1. The van der Waals surface area contributed by atoms with Gasteiger partial charge >= 0.3 is 6.61 Å². The monoisotopic (exact) mass is 391 g/mol. The van der Waals surface area contributed by atoms with Gasteiger partial charge in [0.2, 0.25) is 11.9 Å². The summed E-state index contributed by atoms with van der Waals surface area (Å²) in [6.45, 7) is 3.50. The van der Waals surface area contributed by atoms with E-state index in [1.807, 2.05) is 4.57 Å². The summed E-state index contributed by atoms with van der Waals surface area (Å²) in [7, 11) is 0. The van der Waals surface area contributed by atoms with Crippen LogP contribution in [-0.2, 0) is 10.3 Å². The number of alkyl halides is 2. The zero-order valence-corrected chi connectivity index (χ0v) is 16.6. The van der Waals surface area contributed by atoms with Gasteiger partial charge in [0, 0.05) is 18.0 Å². The van der Waals surface area contributed by atoms with E-state index in [0.29, 0.717) is 29.3 Å². The van der Waals surface area contributed by atoms with Gasteiger partial charge in [0.05, 0.1) is 11.0 Å². The topological polar surface area (TPSA) is 56.1 Å².